The number of nitrogens with zero attached hydrogens (tertiary/aromatic N) is 3. The second-order valence-electron chi connectivity index (χ2n) is 4.60. The first-order valence-electron chi connectivity index (χ1n) is 6.06. The highest BCUT2D eigenvalue weighted by molar-refractivity contribution is 5.86. The smallest absolute Gasteiger partial charge is 0.153 e. The first-order valence-corrected chi connectivity index (χ1v) is 6.06. The van der Waals surface area contributed by atoms with Gasteiger partial charge in [0.2, 0.25) is 0 Å². The maximum atomic E-state index is 5.98. The van der Waals surface area contributed by atoms with Crippen molar-refractivity contribution >= 4 is 5.82 Å². The molecular formula is C14H15N5. The normalized spacial score (nSPS) is 10.8. The van der Waals surface area contributed by atoms with E-state index in [-0.39, 0.29) is 0 Å². The van der Waals surface area contributed by atoms with E-state index in [0.717, 1.165) is 22.5 Å². The second kappa shape index (κ2) is 4.28. The minimum Gasteiger partial charge on any atom is -0.382 e. The van der Waals surface area contributed by atoms with Crippen molar-refractivity contribution in [2.45, 2.75) is 6.92 Å². The minimum atomic E-state index is 0.490. The molecule has 0 amide bonds. The van der Waals surface area contributed by atoms with Crippen molar-refractivity contribution in [3.05, 3.63) is 42.1 Å². The van der Waals surface area contributed by atoms with E-state index in [0.29, 0.717) is 5.82 Å². The third-order valence-electron chi connectivity index (χ3n) is 3.10. The number of anilines is 1. The van der Waals surface area contributed by atoms with Crippen LogP contribution in [0.15, 0.2) is 36.5 Å². The number of aromatic amines is 1. The van der Waals surface area contributed by atoms with E-state index in [4.69, 9.17) is 5.73 Å². The summed E-state index contributed by atoms with van der Waals surface area (Å²) in [5.41, 5.74) is 10.8. The van der Waals surface area contributed by atoms with E-state index >= 15 is 0 Å². The van der Waals surface area contributed by atoms with Crippen LogP contribution >= 0.6 is 0 Å². The van der Waals surface area contributed by atoms with Crippen molar-refractivity contribution < 1.29 is 0 Å². The number of nitrogen functional groups attached to an aromatic ring is 1. The molecule has 0 aliphatic heterocycles. The van der Waals surface area contributed by atoms with Crippen LogP contribution in [0.25, 0.3) is 22.5 Å². The third-order valence-corrected chi connectivity index (χ3v) is 3.10. The predicted octanol–water partition coefficient (Wildman–Crippen LogP) is 2.37. The summed E-state index contributed by atoms with van der Waals surface area (Å²) >= 11 is 0. The lowest BCUT2D eigenvalue weighted by Gasteiger charge is -2.03. The van der Waals surface area contributed by atoms with Crippen molar-refractivity contribution in [1.29, 1.82) is 0 Å². The average molecular weight is 253 g/mol. The molecule has 0 spiro atoms. The van der Waals surface area contributed by atoms with Gasteiger partial charge in [-0.1, -0.05) is 29.8 Å². The van der Waals surface area contributed by atoms with Crippen LogP contribution in [0.4, 0.5) is 5.82 Å². The molecule has 5 nitrogen and oxygen atoms in total. The molecule has 96 valence electrons. The lowest BCUT2D eigenvalue weighted by atomic mass is 10.0. The Morgan fingerprint density at radius 1 is 1.16 bits per heavy atom. The van der Waals surface area contributed by atoms with Crippen LogP contribution < -0.4 is 5.73 Å². The third kappa shape index (κ3) is 1.99. The highest BCUT2D eigenvalue weighted by atomic mass is 15.3. The maximum absolute atomic E-state index is 5.98. The van der Waals surface area contributed by atoms with E-state index < -0.39 is 0 Å². The number of rotatable bonds is 2. The molecule has 3 N–H and O–H groups in total. The van der Waals surface area contributed by atoms with Crippen molar-refractivity contribution in [3.8, 4) is 22.5 Å². The van der Waals surface area contributed by atoms with Gasteiger partial charge in [-0.3, -0.25) is 9.78 Å². The van der Waals surface area contributed by atoms with Crippen LogP contribution in [0.2, 0.25) is 0 Å². The number of aryl methyl sites for hydroxylation is 2. The molecule has 2 heterocycles. The van der Waals surface area contributed by atoms with Crippen LogP contribution in [0.1, 0.15) is 5.56 Å². The largest absolute Gasteiger partial charge is 0.382 e. The van der Waals surface area contributed by atoms with E-state index in [1.165, 1.54) is 5.56 Å². The Bertz CT molecular complexity index is 706. The van der Waals surface area contributed by atoms with Crippen molar-refractivity contribution in [1.82, 2.24) is 20.0 Å². The number of hydrogen-bond acceptors (Lipinski definition) is 3. The molecule has 3 rings (SSSR count). The molecule has 0 saturated heterocycles. The quantitative estimate of drug-likeness (QED) is 0.736. The summed E-state index contributed by atoms with van der Waals surface area (Å²) in [5.74, 6) is 0.490. The molecule has 0 fully saturated rings. The zero-order valence-electron chi connectivity index (χ0n) is 10.9. The van der Waals surface area contributed by atoms with Gasteiger partial charge in [0.05, 0.1) is 11.3 Å². The fraction of sp³-hybridized carbons (Fsp3) is 0.143. The van der Waals surface area contributed by atoms with Gasteiger partial charge < -0.3 is 5.73 Å². The zero-order valence-corrected chi connectivity index (χ0v) is 10.9. The lowest BCUT2D eigenvalue weighted by Crippen LogP contribution is -1.91. The monoisotopic (exact) mass is 253 g/mol. The first kappa shape index (κ1) is 11.5. The minimum absolute atomic E-state index is 0.490. The fourth-order valence-electron chi connectivity index (χ4n) is 2.10. The molecule has 0 saturated carbocycles. The molecular weight excluding hydrogens is 238 g/mol. The molecule has 0 radical (unpaired) electrons. The van der Waals surface area contributed by atoms with E-state index in [9.17, 15) is 0 Å². The average Bonchev–Trinajstić information content (AvgIpc) is 2.97. The Balaban J connectivity index is 2.16. The molecule has 0 atom stereocenters. The molecule has 0 bridgehead atoms. The van der Waals surface area contributed by atoms with Crippen LogP contribution in [0, 0.1) is 6.92 Å². The summed E-state index contributed by atoms with van der Waals surface area (Å²) in [7, 11) is 1.88. The van der Waals surface area contributed by atoms with Crippen LogP contribution in [-0.4, -0.2) is 20.0 Å². The Morgan fingerprint density at radius 2 is 1.89 bits per heavy atom. The molecule has 3 aromatic rings. The Labute approximate surface area is 111 Å². The summed E-state index contributed by atoms with van der Waals surface area (Å²) in [6.07, 6.45) is 1.89. The first-order chi connectivity index (χ1) is 9.15. The van der Waals surface area contributed by atoms with Gasteiger partial charge in [-0.05, 0) is 18.6 Å². The van der Waals surface area contributed by atoms with Gasteiger partial charge in [0.1, 0.15) is 5.69 Å². The van der Waals surface area contributed by atoms with Gasteiger partial charge in [-0.25, -0.2) is 0 Å². The van der Waals surface area contributed by atoms with E-state index in [1.54, 1.807) is 4.68 Å². The number of hydrogen-bond donors (Lipinski definition) is 2. The van der Waals surface area contributed by atoms with Gasteiger partial charge >= 0.3 is 0 Å². The Hall–Kier alpha value is -2.56. The highest BCUT2D eigenvalue weighted by Gasteiger charge is 2.16. The van der Waals surface area contributed by atoms with Crippen molar-refractivity contribution in [2.24, 2.45) is 7.05 Å². The highest BCUT2D eigenvalue weighted by Crippen LogP contribution is 2.33. The van der Waals surface area contributed by atoms with Crippen molar-refractivity contribution in [2.75, 3.05) is 5.73 Å². The van der Waals surface area contributed by atoms with Crippen molar-refractivity contribution in [3.63, 3.8) is 0 Å². The number of benzene rings is 1. The maximum Gasteiger partial charge on any atom is 0.153 e. The number of H-pyrrole nitrogens is 1. The summed E-state index contributed by atoms with van der Waals surface area (Å²) in [5, 5.41) is 11.5. The topological polar surface area (TPSA) is 72.5 Å². The second-order valence-corrected chi connectivity index (χ2v) is 4.60. The van der Waals surface area contributed by atoms with Gasteiger partial charge in [0, 0.05) is 13.2 Å². The standard InChI is InChI=1S/C14H15N5/c1-9-3-5-10(6-4-9)12-13(16-17-14(12)15)11-7-8-19(2)18-11/h3-8H,1-2H3,(H3,15,16,17). The van der Waals surface area contributed by atoms with E-state index in [2.05, 4.69) is 34.4 Å². The number of nitrogens with two attached hydrogens (primary N) is 1. The molecule has 0 aliphatic rings. The summed E-state index contributed by atoms with van der Waals surface area (Å²) < 4.78 is 1.76. The van der Waals surface area contributed by atoms with Gasteiger partial charge in [-0.2, -0.15) is 10.2 Å². The molecule has 1 aromatic carbocycles. The number of nitrogens with one attached hydrogen (secondary N) is 1. The Morgan fingerprint density at radius 3 is 2.53 bits per heavy atom. The SMILES string of the molecule is Cc1ccc(-c2c(N)n[nH]c2-c2ccn(C)n2)cc1. The lowest BCUT2D eigenvalue weighted by molar-refractivity contribution is 0.770. The summed E-state index contributed by atoms with van der Waals surface area (Å²) in [6, 6.07) is 10.1. The fourth-order valence-corrected chi connectivity index (χ4v) is 2.10. The molecule has 2 aromatic heterocycles. The molecule has 0 unspecified atom stereocenters. The summed E-state index contributed by atoms with van der Waals surface area (Å²) in [6.45, 7) is 2.06. The molecule has 19 heavy (non-hydrogen) atoms. The predicted molar refractivity (Wildman–Crippen MR) is 75.4 cm³/mol. The number of aromatic nitrogens is 4. The Kier molecular flexibility index (Phi) is 2.59. The van der Waals surface area contributed by atoms with E-state index in [1.807, 2.05) is 31.4 Å². The molecule has 5 heteroatoms. The van der Waals surface area contributed by atoms with Crippen LogP contribution in [0.3, 0.4) is 0 Å². The zero-order chi connectivity index (χ0) is 13.4. The van der Waals surface area contributed by atoms with Gasteiger partial charge in [-0.15, -0.1) is 0 Å². The van der Waals surface area contributed by atoms with Gasteiger partial charge in [0.15, 0.2) is 5.82 Å². The van der Waals surface area contributed by atoms with Crippen LogP contribution in [-0.2, 0) is 7.05 Å². The summed E-state index contributed by atoms with van der Waals surface area (Å²) in [4.78, 5) is 0. The molecule has 0 aliphatic carbocycles. The van der Waals surface area contributed by atoms with Gasteiger partial charge in [0.25, 0.3) is 0 Å². The van der Waals surface area contributed by atoms with Crippen LogP contribution in [0.5, 0.6) is 0 Å².